The summed E-state index contributed by atoms with van der Waals surface area (Å²) in [6, 6.07) is 9.70. The van der Waals surface area contributed by atoms with Gasteiger partial charge in [0.25, 0.3) is 5.91 Å². The van der Waals surface area contributed by atoms with Crippen LogP contribution in [0.15, 0.2) is 40.8 Å². The van der Waals surface area contributed by atoms with Crippen molar-refractivity contribution in [2.24, 2.45) is 5.92 Å². The first-order valence-electron chi connectivity index (χ1n) is 9.25. The molecule has 0 unspecified atom stereocenters. The number of carbonyl (C=O) groups excluding carboxylic acids is 2. The number of nitrogens with one attached hydrogen (secondary N) is 3. The fraction of sp³-hybridized carbons (Fsp3) is 0.400. The second kappa shape index (κ2) is 8.73. The molecule has 4 N–H and O–H groups in total. The van der Waals surface area contributed by atoms with Gasteiger partial charge in [0.1, 0.15) is 11.8 Å². The topological polar surface area (TPSA) is 104 Å². The third-order valence-electron chi connectivity index (χ3n) is 5.07. The predicted molar refractivity (Wildman–Crippen MR) is 101 cm³/mol. The van der Waals surface area contributed by atoms with Crippen molar-refractivity contribution < 1.29 is 19.2 Å². The smallest absolute Gasteiger partial charge is 0.287 e. The maximum atomic E-state index is 12.6. The number of amides is 2. The quantitative estimate of drug-likeness (QED) is 0.584. The van der Waals surface area contributed by atoms with E-state index in [4.69, 9.17) is 9.62 Å². The first-order chi connectivity index (χ1) is 13.1. The minimum absolute atomic E-state index is 0.149. The number of rotatable bonds is 6. The van der Waals surface area contributed by atoms with Gasteiger partial charge in [-0.25, -0.2) is 0 Å². The van der Waals surface area contributed by atoms with E-state index in [9.17, 15) is 9.59 Å². The summed E-state index contributed by atoms with van der Waals surface area (Å²) < 4.78 is 5.68. The van der Waals surface area contributed by atoms with Crippen LogP contribution in [0.3, 0.4) is 0 Å². The van der Waals surface area contributed by atoms with Gasteiger partial charge in [0, 0.05) is 12.6 Å². The van der Waals surface area contributed by atoms with Crippen molar-refractivity contribution in [3.63, 3.8) is 0 Å². The summed E-state index contributed by atoms with van der Waals surface area (Å²) in [7, 11) is 1.58. The van der Waals surface area contributed by atoms with Crippen molar-refractivity contribution >= 4 is 17.5 Å². The minimum atomic E-state index is -0.550. The molecule has 0 bridgehead atoms. The number of benzene rings is 1. The molecule has 1 fully saturated rings. The molecule has 1 aliphatic rings. The largest absolute Gasteiger partial charge is 0.451 e. The van der Waals surface area contributed by atoms with Crippen molar-refractivity contribution in [1.82, 2.24) is 10.6 Å². The van der Waals surface area contributed by atoms with Gasteiger partial charge in [-0.3, -0.25) is 20.3 Å². The molecule has 2 aromatic rings. The van der Waals surface area contributed by atoms with Crippen molar-refractivity contribution in [3.8, 4) is 11.3 Å². The van der Waals surface area contributed by atoms with E-state index < -0.39 is 11.9 Å². The molecule has 7 heteroatoms. The van der Waals surface area contributed by atoms with Gasteiger partial charge in [0.05, 0.1) is 5.69 Å². The van der Waals surface area contributed by atoms with E-state index in [-0.39, 0.29) is 17.6 Å². The Kier molecular flexibility index (Phi) is 6.13. The first-order valence-corrected chi connectivity index (χ1v) is 9.25. The van der Waals surface area contributed by atoms with Crippen LogP contribution in [0.5, 0.6) is 0 Å². The predicted octanol–water partition coefficient (Wildman–Crippen LogP) is 3.17. The van der Waals surface area contributed by atoms with Gasteiger partial charge >= 0.3 is 0 Å². The number of hydrogen-bond acceptors (Lipinski definition) is 5. The summed E-state index contributed by atoms with van der Waals surface area (Å²) in [6.45, 7) is 0. The molecule has 3 rings (SSSR count). The van der Waals surface area contributed by atoms with E-state index >= 15 is 0 Å². The van der Waals surface area contributed by atoms with Crippen LogP contribution < -0.4 is 16.1 Å². The fourth-order valence-electron chi connectivity index (χ4n) is 3.56. The lowest BCUT2D eigenvalue weighted by atomic mass is 9.83. The van der Waals surface area contributed by atoms with Crippen molar-refractivity contribution in [3.05, 3.63) is 42.2 Å². The zero-order valence-electron chi connectivity index (χ0n) is 15.3. The summed E-state index contributed by atoms with van der Waals surface area (Å²) in [4.78, 5) is 24.9. The molecular weight excluding hydrogens is 346 g/mol. The zero-order chi connectivity index (χ0) is 19.2. The monoisotopic (exact) mass is 371 g/mol. The Bertz CT molecular complexity index is 779. The van der Waals surface area contributed by atoms with E-state index in [2.05, 4.69) is 16.1 Å². The summed E-state index contributed by atoms with van der Waals surface area (Å²) in [5.41, 5.74) is 3.41. The van der Waals surface area contributed by atoms with Crippen LogP contribution in [0.2, 0.25) is 0 Å². The SMILES string of the molecule is CNC(=O)[C@@H](NC(=O)c1ccc(-c2ccc(NO)cc2)o1)C1CCCCC1. The van der Waals surface area contributed by atoms with E-state index in [1.54, 1.807) is 43.4 Å². The minimum Gasteiger partial charge on any atom is -0.451 e. The van der Waals surface area contributed by atoms with Crippen LogP contribution in [0.4, 0.5) is 5.69 Å². The summed E-state index contributed by atoms with van der Waals surface area (Å²) >= 11 is 0. The molecule has 1 aromatic heterocycles. The Morgan fingerprint density at radius 3 is 2.41 bits per heavy atom. The Morgan fingerprint density at radius 1 is 1.07 bits per heavy atom. The number of furan rings is 1. The Hall–Kier alpha value is -2.80. The van der Waals surface area contributed by atoms with Crippen molar-refractivity contribution in [2.45, 2.75) is 38.1 Å². The van der Waals surface area contributed by atoms with Crippen molar-refractivity contribution in [1.29, 1.82) is 0 Å². The van der Waals surface area contributed by atoms with E-state index in [0.717, 1.165) is 31.2 Å². The Balaban J connectivity index is 1.72. The lowest BCUT2D eigenvalue weighted by molar-refractivity contribution is -0.124. The highest BCUT2D eigenvalue weighted by molar-refractivity contribution is 5.96. The second-order valence-electron chi connectivity index (χ2n) is 6.82. The van der Waals surface area contributed by atoms with Crippen LogP contribution in [0.1, 0.15) is 42.7 Å². The second-order valence-corrected chi connectivity index (χ2v) is 6.82. The van der Waals surface area contributed by atoms with E-state index in [1.807, 2.05) is 0 Å². The molecule has 1 aromatic carbocycles. The van der Waals surface area contributed by atoms with Gasteiger partial charge < -0.3 is 15.1 Å². The molecule has 0 radical (unpaired) electrons. The molecule has 1 aliphatic carbocycles. The van der Waals surface area contributed by atoms with Gasteiger partial charge in [0.2, 0.25) is 5.91 Å². The highest BCUT2D eigenvalue weighted by Gasteiger charge is 2.31. The lowest BCUT2D eigenvalue weighted by Crippen LogP contribution is -2.50. The molecule has 0 aliphatic heterocycles. The van der Waals surface area contributed by atoms with Crippen LogP contribution in [0.25, 0.3) is 11.3 Å². The summed E-state index contributed by atoms with van der Waals surface area (Å²) in [5.74, 6) is 0.289. The van der Waals surface area contributed by atoms with Gasteiger partial charge in [-0.1, -0.05) is 19.3 Å². The molecule has 0 spiro atoms. The lowest BCUT2D eigenvalue weighted by Gasteiger charge is -2.29. The van der Waals surface area contributed by atoms with Gasteiger partial charge in [-0.2, -0.15) is 0 Å². The molecule has 0 saturated heterocycles. The van der Waals surface area contributed by atoms with E-state index in [1.165, 1.54) is 6.42 Å². The van der Waals surface area contributed by atoms with Gasteiger partial charge in [0.15, 0.2) is 5.76 Å². The normalized spacial score (nSPS) is 15.8. The number of carbonyl (C=O) groups is 2. The van der Waals surface area contributed by atoms with Crippen molar-refractivity contribution in [2.75, 3.05) is 12.5 Å². The van der Waals surface area contributed by atoms with Gasteiger partial charge in [-0.15, -0.1) is 0 Å². The standard InChI is InChI=1S/C20H25N3O4/c1-21-20(25)18(14-5-3-2-4-6-14)22-19(24)17-12-11-16(27-17)13-7-9-15(23-26)10-8-13/h7-12,14,18,23,26H,2-6H2,1H3,(H,21,25)(H,22,24)/t18-/m0/s1. The molecule has 144 valence electrons. The molecule has 27 heavy (non-hydrogen) atoms. The molecule has 1 heterocycles. The molecule has 1 atom stereocenters. The van der Waals surface area contributed by atoms with E-state index in [0.29, 0.717) is 11.4 Å². The maximum Gasteiger partial charge on any atom is 0.287 e. The van der Waals surface area contributed by atoms with Crippen LogP contribution in [0, 0.1) is 5.92 Å². The zero-order valence-corrected chi connectivity index (χ0v) is 15.3. The molecule has 1 saturated carbocycles. The number of hydrogen-bond donors (Lipinski definition) is 4. The van der Waals surface area contributed by atoms with Gasteiger partial charge in [-0.05, 0) is 55.2 Å². The molecular formula is C20H25N3O4. The summed E-state index contributed by atoms with van der Waals surface area (Å²) in [5, 5.41) is 14.4. The first kappa shape index (κ1) is 19.0. The molecule has 2 amide bonds. The maximum absolute atomic E-state index is 12.6. The number of anilines is 1. The highest BCUT2D eigenvalue weighted by Crippen LogP contribution is 2.27. The van der Waals surface area contributed by atoms with Crippen LogP contribution in [-0.2, 0) is 4.79 Å². The third kappa shape index (κ3) is 4.49. The fourth-order valence-corrected chi connectivity index (χ4v) is 3.56. The third-order valence-corrected chi connectivity index (χ3v) is 5.07. The Labute approximate surface area is 158 Å². The highest BCUT2D eigenvalue weighted by atomic mass is 16.5. The average molecular weight is 371 g/mol. The summed E-state index contributed by atoms with van der Waals surface area (Å²) in [6.07, 6.45) is 5.21. The molecule has 7 nitrogen and oxygen atoms in total. The van der Waals surface area contributed by atoms with Crippen LogP contribution >= 0.6 is 0 Å². The number of likely N-dealkylation sites (N-methyl/N-ethyl adjacent to an activating group) is 1. The van der Waals surface area contributed by atoms with Crippen LogP contribution in [-0.4, -0.2) is 30.1 Å². The average Bonchev–Trinajstić information content (AvgIpc) is 3.22. The Morgan fingerprint density at radius 2 is 1.78 bits per heavy atom.